The molecule has 0 amide bonds. The number of imidazole rings is 1. The Bertz CT molecular complexity index is 574. The van der Waals surface area contributed by atoms with Crippen LogP contribution in [0.15, 0.2) is 55.0 Å². The molecule has 3 nitrogen and oxygen atoms in total. The van der Waals surface area contributed by atoms with Crippen molar-refractivity contribution in [1.82, 2.24) is 9.55 Å². The maximum atomic E-state index is 4.44. The van der Waals surface area contributed by atoms with Crippen molar-refractivity contribution in [3.63, 3.8) is 0 Å². The molecule has 78 valence electrons. The summed E-state index contributed by atoms with van der Waals surface area (Å²) in [5, 5.41) is 0. The van der Waals surface area contributed by atoms with E-state index in [-0.39, 0.29) is 5.54 Å². The number of aromatic nitrogens is 2. The van der Waals surface area contributed by atoms with E-state index in [9.17, 15) is 0 Å². The molecule has 0 fully saturated rings. The summed E-state index contributed by atoms with van der Waals surface area (Å²) in [6.07, 6.45) is 20.0. The first-order valence-corrected chi connectivity index (χ1v) is 5.48. The minimum atomic E-state index is -0.0346. The highest BCUT2D eigenvalue weighted by atomic mass is 15.4. The number of rotatable bonds is 0. The molecule has 0 radical (unpaired) electrons. The maximum Gasteiger partial charge on any atom is 0.215 e. The molecular formula is C13H11N3. The predicted octanol–water partition coefficient (Wildman–Crippen LogP) is 2.33. The van der Waals surface area contributed by atoms with E-state index in [1.54, 1.807) is 0 Å². The van der Waals surface area contributed by atoms with E-state index < -0.39 is 0 Å². The zero-order chi connectivity index (χ0) is 10.6. The minimum Gasteiger partial charge on any atom is -0.303 e. The Morgan fingerprint density at radius 3 is 3.25 bits per heavy atom. The quantitative estimate of drug-likeness (QED) is 0.654. The Labute approximate surface area is 93.7 Å². The van der Waals surface area contributed by atoms with Gasteiger partial charge >= 0.3 is 0 Å². The van der Waals surface area contributed by atoms with Gasteiger partial charge in [0.1, 0.15) is 5.54 Å². The van der Waals surface area contributed by atoms with E-state index in [4.69, 9.17) is 0 Å². The fraction of sp³-hybridized carbons (Fsp3) is 0.154. The lowest BCUT2D eigenvalue weighted by Crippen LogP contribution is -2.43. The second-order valence-electron chi connectivity index (χ2n) is 4.28. The first-order valence-electron chi connectivity index (χ1n) is 5.48. The van der Waals surface area contributed by atoms with Gasteiger partial charge in [-0.05, 0) is 18.6 Å². The first-order chi connectivity index (χ1) is 7.92. The third-order valence-electron chi connectivity index (χ3n) is 3.51. The standard InChI is InChI=1S/C13H11N3/c1-2-6-13-7-3-4-9-16(13)12-14-8-10-15(12)11(13)5-1/h1-5,7-10H,6H2. The molecule has 2 aliphatic heterocycles. The summed E-state index contributed by atoms with van der Waals surface area (Å²) in [6, 6.07) is 0. The summed E-state index contributed by atoms with van der Waals surface area (Å²) in [5.41, 5.74) is 1.26. The monoisotopic (exact) mass is 209 g/mol. The summed E-state index contributed by atoms with van der Waals surface area (Å²) in [7, 11) is 0. The van der Waals surface area contributed by atoms with Crippen molar-refractivity contribution in [3.05, 3.63) is 55.0 Å². The lowest BCUT2D eigenvalue weighted by atomic mass is 9.85. The van der Waals surface area contributed by atoms with Crippen LogP contribution in [0.3, 0.4) is 0 Å². The van der Waals surface area contributed by atoms with Crippen molar-refractivity contribution >= 4 is 11.6 Å². The van der Waals surface area contributed by atoms with Crippen molar-refractivity contribution in [2.24, 2.45) is 0 Å². The zero-order valence-corrected chi connectivity index (χ0v) is 8.74. The SMILES string of the molecule is C1=CCC23C=CC=CN2c2nccn2C3=C1. The van der Waals surface area contributed by atoms with Crippen LogP contribution in [-0.4, -0.2) is 15.1 Å². The molecule has 0 aromatic carbocycles. The smallest absolute Gasteiger partial charge is 0.215 e. The Kier molecular flexibility index (Phi) is 1.30. The Balaban J connectivity index is 2.05. The van der Waals surface area contributed by atoms with Gasteiger partial charge in [-0.15, -0.1) is 0 Å². The van der Waals surface area contributed by atoms with Crippen LogP contribution in [0.1, 0.15) is 6.42 Å². The van der Waals surface area contributed by atoms with E-state index in [1.165, 1.54) is 5.70 Å². The van der Waals surface area contributed by atoms with Gasteiger partial charge in [-0.25, -0.2) is 4.98 Å². The summed E-state index contributed by atoms with van der Waals surface area (Å²) < 4.78 is 2.17. The first kappa shape index (κ1) is 8.16. The van der Waals surface area contributed by atoms with Gasteiger partial charge in [0.2, 0.25) is 5.95 Å². The molecule has 3 heteroatoms. The summed E-state index contributed by atoms with van der Waals surface area (Å²) in [6.45, 7) is 0. The van der Waals surface area contributed by atoms with Gasteiger partial charge in [-0.1, -0.05) is 24.3 Å². The third-order valence-corrected chi connectivity index (χ3v) is 3.51. The van der Waals surface area contributed by atoms with Gasteiger partial charge < -0.3 is 4.90 Å². The molecule has 0 N–H and O–H groups in total. The molecule has 1 spiro atoms. The summed E-state index contributed by atoms with van der Waals surface area (Å²) in [5.74, 6) is 1.01. The number of anilines is 1. The average molecular weight is 209 g/mol. The van der Waals surface area contributed by atoms with Gasteiger partial charge in [0.15, 0.2) is 0 Å². The normalized spacial score (nSPS) is 28.8. The molecule has 3 aliphatic rings. The highest BCUT2D eigenvalue weighted by Crippen LogP contribution is 2.47. The molecule has 1 aromatic rings. The van der Waals surface area contributed by atoms with Crippen molar-refractivity contribution in [3.8, 4) is 0 Å². The minimum absolute atomic E-state index is 0.0346. The third kappa shape index (κ3) is 0.745. The number of fused-ring (bicyclic) bond motifs is 3. The van der Waals surface area contributed by atoms with Crippen LogP contribution in [-0.2, 0) is 0 Å². The lowest BCUT2D eigenvalue weighted by molar-refractivity contribution is 0.655. The lowest BCUT2D eigenvalue weighted by Gasteiger charge is -2.36. The van der Waals surface area contributed by atoms with E-state index >= 15 is 0 Å². The Morgan fingerprint density at radius 2 is 2.25 bits per heavy atom. The molecule has 4 rings (SSSR count). The maximum absolute atomic E-state index is 4.44. The predicted molar refractivity (Wildman–Crippen MR) is 63.7 cm³/mol. The number of allylic oxidation sites excluding steroid dienone is 4. The van der Waals surface area contributed by atoms with Crippen LogP contribution in [0.25, 0.3) is 5.70 Å². The second kappa shape index (κ2) is 2.55. The molecule has 0 saturated heterocycles. The molecular weight excluding hydrogens is 198 g/mol. The van der Waals surface area contributed by atoms with E-state index in [0.717, 1.165) is 12.4 Å². The van der Waals surface area contributed by atoms with Gasteiger partial charge in [0.25, 0.3) is 0 Å². The van der Waals surface area contributed by atoms with Gasteiger partial charge in [-0.3, -0.25) is 4.57 Å². The summed E-state index contributed by atoms with van der Waals surface area (Å²) in [4.78, 5) is 6.69. The number of hydrogen-bond acceptors (Lipinski definition) is 2. The van der Waals surface area contributed by atoms with Crippen LogP contribution >= 0.6 is 0 Å². The molecule has 3 heterocycles. The van der Waals surface area contributed by atoms with Crippen LogP contribution in [0.2, 0.25) is 0 Å². The highest BCUT2D eigenvalue weighted by molar-refractivity contribution is 5.80. The van der Waals surface area contributed by atoms with Gasteiger partial charge in [0.05, 0.1) is 5.70 Å². The van der Waals surface area contributed by atoms with Crippen LogP contribution < -0.4 is 4.90 Å². The van der Waals surface area contributed by atoms with Crippen molar-refractivity contribution in [1.29, 1.82) is 0 Å². The van der Waals surface area contributed by atoms with Crippen LogP contribution in [0.5, 0.6) is 0 Å². The molecule has 0 saturated carbocycles. The summed E-state index contributed by atoms with van der Waals surface area (Å²) >= 11 is 0. The van der Waals surface area contributed by atoms with Gasteiger partial charge in [-0.2, -0.15) is 0 Å². The highest BCUT2D eigenvalue weighted by Gasteiger charge is 2.46. The van der Waals surface area contributed by atoms with Crippen molar-refractivity contribution < 1.29 is 0 Å². The molecule has 1 aromatic heterocycles. The average Bonchev–Trinajstić information content (AvgIpc) is 2.86. The molecule has 0 bridgehead atoms. The molecule has 1 unspecified atom stereocenters. The van der Waals surface area contributed by atoms with Crippen LogP contribution in [0, 0.1) is 0 Å². The Morgan fingerprint density at radius 1 is 1.25 bits per heavy atom. The van der Waals surface area contributed by atoms with E-state index in [2.05, 4.69) is 57.1 Å². The fourth-order valence-corrected chi connectivity index (χ4v) is 2.79. The number of hydrogen-bond donors (Lipinski definition) is 0. The largest absolute Gasteiger partial charge is 0.303 e. The molecule has 1 aliphatic carbocycles. The van der Waals surface area contributed by atoms with Crippen LogP contribution in [0.4, 0.5) is 5.95 Å². The van der Waals surface area contributed by atoms with Gasteiger partial charge in [0, 0.05) is 18.6 Å². The second-order valence-corrected chi connectivity index (χ2v) is 4.28. The van der Waals surface area contributed by atoms with E-state index in [1.807, 2.05) is 12.4 Å². The number of nitrogens with zero attached hydrogens (tertiary/aromatic N) is 3. The zero-order valence-electron chi connectivity index (χ0n) is 8.74. The molecule has 16 heavy (non-hydrogen) atoms. The van der Waals surface area contributed by atoms with E-state index in [0.29, 0.717) is 0 Å². The molecule has 1 atom stereocenters. The fourth-order valence-electron chi connectivity index (χ4n) is 2.79. The van der Waals surface area contributed by atoms with Crippen molar-refractivity contribution in [2.45, 2.75) is 12.0 Å². The van der Waals surface area contributed by atoms with Crippen molar-refractivity contribution in [2.75, 3.05) is 4.90 Å². The Hall–Kier alpha value is -2.03. The topological polar surface area (TPSA) is 21.1 Å².